The first-order valence-electron chi connectivity index (χ1n) is 9.15. The van der Waals surface area contributed by atoms with Crippen LogP contribution < -0.4 is 0 Å². The molecule has 0 atom stereocenters. The van der Waals surface area contributed by atoms with E-state index in [1.165, 1.54) is 24.8 Å². The fourth-order valence-electron chi connectivity index (χ4n) is 2.07. The molecular weight excluding hydrogens is 380 g/mol. The van der Waals surface area contributed by atoms with Gasteiger partial charge in [0.1, 0.15) is 13.2 Å². The number of hydrogen-bond donors (Lipinski definition) is 0. The van der Waals surface area contributed by atoms with Gasteiger partial charge in [-0.1, -0.05) is 0 Å². The van der Waals surface area contributed by atoms with Crippen LogP contribution in [0.15, 0.2) is 49.1 Å². The molecule has 0 N–H and O–H groups in total. The molecule has 0 aliphatic heterocycles. The molecule has 156 valence electrons. The van der Waals surface area contributed by atoms with E-state index in [0.717, 1.165) is 0 Å². The average Bonchev–Trinajstić information content (AvgIpc) is 2.77. The highest BCUT2D eigenvalue weighted by atomic mass is 16.6. The first-order chi connectivity index (χ1) is 14.3. The van der Waals surface area contributed by atoms with E-state index in [9.17, 15) is 9.59 Å². The van der Waals surface area contributed by atoms with E-state index in [1.54, 1.807) is 24.3 Å². The van der Waals surface area contributed by atoms with E-state index in [4.69, 9.17) is 23.7 Å². The Hall–Kier alpha value is -2.88. The summed E-state index contributed by atoms with van der Waals surface area (Å²) in [6.07, 6.45) is 6.12. The van der Waals surface area contributed by atoms with Crippen molar-refractivity contribution in [2.24, 2.45) is 0 Å². The van der Waals surface area contributed by atoms with Crippen LogP contribution in [0.3, 0.4) is 0 Å². The largest absolute Gasteiger partial charge is 0.460 e. The molecular formula is C20H24N2O7. The van der Waals surface area contributed by atoms with Crippen LogP contribution in [0.2, 0.25) is 0 Å². The smallest absolute Gasteiger partial charge is 0.338 e. The molecule has 0 aliphatic carbocycles. The molecule has 0 saturated heterocycles. The van der Waals surface area contributed by atoms with E-state index >= 15 is 0 Å². The van der Waals surface area contributed by atoms with Crippen molar-refractivity contribution < 1.29 is 33.3 Å². The Morgan fingerprint density at radius 3 is 1.21 bits per heavy atom. The third-order valence-corrected chi connectivity index (χ3v) is 3.50. The molecule has 0 fully saturated rings. The predicted octanol–water partition coefficient (Wildman–Crippen LogP) is 1.54. The monoisotopic (exact) mass is 404 g/mol. The SMILES string of the molecule is O=C(OCCOCCOCCOCCOC(=O)c1ccncc1)c1ccncc1. The maximum absolute atomic E-state index is 11.7. The Morgan fingerprint density at radius 1 is 0.552 bits per heavy atom. The van der Waals surface area contributed by atoms with Gasteiger partial charge in [-0.05, 0) is 24.3 Å². The van der Waals surface area contributed by atoms with Crippen molar-refractivity contribution in [2.75, 3.05) is 52.9 Å². The van der Waals surface area contributed by atoms with Crippen molar-refractivity contribution >= 4 is 11.9 Å². The molecule has 0 amide bonds. The van der Waals surface area contributed by atoms with Gasteiger partial charge < -0.3 is 23.7 Å². The summed E-state index contributed by atoms with van der Waals surface area (Å²) in [7, 11) is 0. The first-order valence-corrected chi connectivity index (χ1v) is 9.15. The Kier molecular flexibility index (Phi) is 10.9. The second-order valence-corrected chi connectivity index (χ2v) is 5.58. The van der Waals surface area contributed by atoms with Crippen molar-refractivity contribution in [1.82, 2.24) is 9.97 Å². The molecule has 0 bridgehead atoms. The van der Waals surface area contributed by atoms with Crippen LogP contribution in [0.4, 0.5) is 0 Å². The molecule has 9 nitrogen and oxygen atoms in total. The maximum Gasteiger partial charge on any atom is 0.338 e. The van der Waals surface area contributed by atoms with E-state index in [0.29, 0.717) is 50.8 Å². The quantitative estimate of drug-likeness (QED) is 0.342. The Balaban J connectivity index is 1.34. The Bertz CT molecular complexity index is 652. The molecule has 9 heteroatoms. The number of esters is 2. The molecule has 2 aromatic rings. The number of pyridine rings is 2. The molecule has 0 saturated carbocycles. The Labute approximate surface area is 168 Å². The molecule has 0 spiro atoms. The van der Waals surface area contributed by atoms with Crippen LogP contribution in [0.5, 0.6) is 0 Å². The zero-order valence-corrected chi connectivity index (χ0v) is 16.0. The summed E-state index contributed by atoms with van der Waals surface area (Å²) in [5.74, 6) is -0.813. The Morgan fingerprint density at radius 2 is 0.862 bits per heavy atom. The zero-order valence-electron chi connectivity index (χ0n) is 16.0. The topological polar surface area (TPSA) is 106 Å². The van der Waals surface area contributed by atoms with Gasteiger partial charge in [0, 0.05) is 24.8 Å². The fraction of sp³-hybridized carbons (Fsp3) is 0.400. The lowest BCUT2D eigenvalue weighted by molar-refractivity contribution is -0.00675. The summed E-state index contributed by atoms with van der Waals surface area (Å²) >= 11 is 0. The normalized spacial score (nSPS) is 10.5. The van der Waals surface area contributed by atoms with E-state index in [1.807, 2.05) is 0 Å². The number of aromatic nitrogens is 2. The molecule has 2 aromatic heterocycles. The lowest BCUT2D eigenvalue weighted by Gasteiger charge is -2.08. The zero-order chi connectivity index (χ0) is 20.6. The van der Waals surface area contributed by atoms with E-state index in [-0.39, 0.29) is 13.2 Å². The van der Waals surface area contributed by atoms with Crippen LogP contribution in [0.25, 0.3) is 0 Å². The van der Waals surface area contributed by atoms with Crippen molar-refractivity contribution in [3.05, 3.63) is 60.2 Å². The van der Waals surface area contributed by atoms with Crippen molar-refractivity contribution in [3.8, 4) is 0 Å². The first kappa shape index (κ1) is 22.4. The summed E-state index contributed by atoms with van der Waals surface area (Å²) in [5.41, 5.74) is 0.908. The number of ether oxygens (including phenoxy) is 5. The van der Waals surface area contributed by atoms with Gasteiger partial charge in [-0.2, -0.15) is 0 Å². The van der Waals surface area contributed by atoms with Gasteiger partial charge in [-0.25, -0.2) is 9.59 Å². The summed E-state index contributed by atoms with van der Waals surface area (Å²) in [6, 6.07) is 6.35. The summed E-state index contributed by atoms with van der Waals surface area (Å²) < 4.78 is 26.1. The molecule has 0 unspecified atom stereocenters. The summed E-state index contributed by atoms with van der Waals surface area (Å²) in [5, 5.41) is 0. The highest BCUT2D eigenvalue weighted by Crippen LogP contribution is 2.00. The number of nitrogens with zero attached hydrogens (tertiary/aromatic N) is 2. The molecule has 0 radical (unpaired) electrons. The number of hydrogen-bond acceptors (Lipinski definition) is 9. The summed E-state index contributed by atoms with van der Waals surface area (Å²) in [6.45, 7) is 2.49. The molecule has 0 aliphatic rings. The van der Waals surface area contributed by atoms with Crippen LogP contribution in [-0.2, 0) is 23.7 Å². The standard InChI is InChI=1S/C20H24N2O7/c23-19(17-1-5-21-6-2-17)28-15-13-26-11-9-25-10-12-27-14-16-29-20(24)18-3-7-22-8-4-18/h1-8H,9-16H2. The molecule has 0 aromatic carbocycles. The molecule has 2 heterocycles. The maximum atomic E-state index is 11.7. The summed E-state index contributed by atoms with van der Waals surface area (Å²) in [4.78, 5) is 31.0. The van der Waals surface area contributed by atoms with Gasteiger partial charge in [0.2, 0.25) is 0 Å². The minimum atomic E-state index is -0.407. The van der Waals surface area contributed by atoms with Crippen molar-refractivity contribution in [3.63, 3.8) is 0 Å². The van der Waals surface area contributed by atoms with Gasteiger partial charge in [0.25, 0.3) is 0 Å². The number of carbonyl (C=O) groups excluding carboxylic acids is 2. The highest BCUT2D eigenvalue weighted by molar-refractivity contribution is 5.89. The highest BCUT2D eigenvalue weighted by Gasteiger charge is 2.06. The molecule has 29 heavy (non-hydrogen) atoms. The van der Waals surface area contributed by atoms with Gasteiger partial charge in [-0.15, -0.1) is 0 Å². The van der Waals surface area contributed by atoms with Gasteiger partial charge in [0.15, 0.2) is 0 Å². The van der Waals surface area contributed by atoms with Crippen LogP contribution >= 0.6 is 0 Å². The lowest BCUT2D eigenvalue weighted by Crippen LogP contribution is -2.15. The minimum absolute atomic E-state index is 0.169. The average molecular weight is 404 g/mol. The van der Waals surface area contributed by atoms with Crippen LogP contribution in [-0.4, -0.2) is 74.8 Å². The number of rotatable bonds is 14. The second kappa shape index (κ2) is 14.2. The minimum Gasteiger partial charge on any atom is -0.460 e. The van der Waals surface area contributed by atoms with Crippen molar-refractivity contribution in [2.45, 2.75) is 0 Å². The van der Waals surface area contributed by atoms with Gasteiger partial charge >= 0.3 is 11.9 Å². The van der Waals surface area contributed by atoms with Gasteiger partial charge in [0.05, 0.1) is 50.8 Å². The number of carbonyl (C=O) groups is 2. The van der Waals surface area contributed by atoms with Crippen molar-refractivity contribution in [1.29, 1.82) is 0 Å². The fourth-order valence-corrected chi connectivity index (χ4v) is 2.07. The lowest BCUT2D eigenvalue weighted by atomic mass is 10.3. The van der Waals surface area contributed by atoms with E-state index in [2.05, 4.69) is 9.97 Å². The van der Waals surface area contributed by atoms with Crippen LogP contribution in [0.1, 0.15) is 20.7 Å². The van der Waals surface area contributed by atoms with E-state index < -0.39 is 11.9 Å². The second-order valence-electron chi connectivity index (χ2n) is 5.58. The van der Waals surface area contributed by atoms with Gasteiger partial charge in [-0.3, -0.25) is 9.97 Å². The molecule has 2 rings (SSSR count). The third-order valence-electron chi connectivity index (χ3n) is 3.50. The predicted molar refractivity (Wildman–Crippen MR) is 101 cm³/mol. The van der Waals surface area contributed by atoms with Crippen LogP contribution in [0, 0.1) is 0 Å². The third kappa shape index (κ3) is 9.74.